The van der Waals surface area contributed by atoms with Gasteiger partial charge in [0.25, 0.3) is 11.8 Å². The molecule has 2 N–H and O–H groups in total. The smallest absolute Gasteiger partial charge is 0.406 e. The average molecular weight is 457 g/mol. The number of carbonyl (C=O) groups is 2. The topological polar surface area (TPSA) is 105 Å². The first-order chi connectivity index (χ1) is 14.6. The lowest BCUT2D eigenvalue weighted by Gasteiger charge is -2.16. The van der Waals surface area contributed by atoms with Gasteiger partial charge in [-0.05, 0) is 55.3 Å². The van der Waals surface area contributed by atoms with Gasteiger partial charge >= 0.3 is 6.36 Å². The van der Waals surface area contributed by atoms with E-state index in [0.717, 1.165) is 37.1 Å². The number of nitrogens with one attached hydrogen (secondary N) is 2. The largest absolute Gasteiger partial charge is 0.573 e. The van der Waals surface area contributed by atoms with Crippen molar-refractivity contribution >= 4 is 21.8 Å². The number of nitrogens with zero attached hydrogens (tertiary/aromatic N) is 1. The van der Waals surface area contributed by atoms with Crippen LogP contribution in [0.5, 0.6) is 5.75 Å². The molecule has 31 heavy (non-hydrogen) atoms. The number of rotatable bonds is 5. The molecule has 0 saturated carbocycles. The molecule has 0 aromatic heterocycles. The number of hydrogen-bond acceptors (Lipinski definition) is 5. The highest BCUT2D eigenvalue weighted by atomic mass is 32.2. The molecule has 166 valence electrons. The molecule has 12 heteroatoms. The van der Waals surface area contributed by atoms with E-state index in [4.69, 9.17) is 0 Å². The van der Waals surface area contributed by atoms with Crippen LogP contribution in [0.25, 0.3) is 0 Å². The van der Waals surface area contributed by atoms with E-state index >= 15 is 0 Å². The lowest BCUT2D eigenvalue weighted by Crippen LogP contribution is -2.41. The molecule has 0 unspecified atom stereocenters. The highest BCUT2D eigenvalue weighted by molar-refractivity contribution is 7.89. The molecule has 1 aliphatic heterocycles. The van der Waals surface area contributed by atoms with Crippen molar-refractivity contribution in [1.82, 2.24) is 15.2 Å². The first kappa shape index (κ1) is 22.6. The zero-order chi connectivity index (χ0) is 22.6. The number of sulfonamides is 1. The summed E-state index contributed by atoms with van der Waals surface area (Å²) in [4.78, 5) is 24.4. The van der Waals surface area contributed by atoms with Gasteiger partial charge in [-0.2, -0.15) is 4.31 Å². The second-order valence-electron chi connectivity index (χ2n) is 6.62. The van der Waals surface area contributed by atoms with Crippen LogP contribution in [0, 0.1) is 0 Å². The van der Waals surface area contributed by atoms with Crippen molar-refractivity contribution < 1.29 is 35.9 Å². The van der Waals surface area contributed by atoms with Crippen molar-refractivity contribution in [3.63, 3.8) is 0 Å². The van der Waals surface area contributed by atoms with Crippen LogP contribution in [0.15, 0.2) is 53.4 Å². The fourth-order valence-corrected chi connectivity index (χ4v) is 4.50. The molecular weight excluding hydrogens is 439 g/mol. The summed E-state index contributed by atoms with van der Waals surface area (Å²) in [6.45, 7) is 0.837. The highest BCUT2D eigenvalue weighted by Gasteiger charge is 2.31. The molecule has 0 aliphatic carbocycles. The minimum Gasteiger partial charge on any atom is -0.406 e. The fraction of sp³-hybridized carbons (Fsp3) is 0.263. The number of ether oxygens (including phenoxy) is 1. The molecule has 1 heterocycles. The van der Waals surface area contributed by atoms with E-state index in [1.807, 2.05) is 0 Å². The Hall–Kier alpha value is -3.12. The lowest BCUT2D eigenvalue weighted by atomic mass is 10.2. The van der Waals surface area contributed by atoms with Crippen molar-refractivity contribution in [2.75, 3.05) is 13.1 Å². The minimum atomic E-state index is -4.85. The molecule has 0 spiro atoms. The second-order valence-corrected chi connectivity index (χ2v) is 8.56. The van der Waals surface area contributed by atoms with E-state index in [2.05, 4.69) is 15.6 Å². The van der Waals surface area contributed by atoms with Gasteiger partial charge < -0.3 is 4.74 Å². The van der Waals surface area contributed by atoms with Crippen LogP contribution in [0.2, 0.25) is 0 Å². The Morgan fingerprint density at radius 2 is 1.48 bits per heavy atom. The number of carbonyl (C=O) groups excluding carboxylic acids is 2. The van der Waals surface area contributed by atoms with Gasteiger partial charge in [-0.3, -0.25) is 20.4 Å². The maximum Gasteiger partial charge on any atom is 0.573 e. The molecular formula is C19H18F3N3O5S. The molecule has 0 atom stereocenters. The van der Waals surface area contributed by atoms with Crippen molar-refractivity contribution in [3.05, 3.63) is 59.7 Å². The third-order valence-corrected chi connectivity index (χ3v) is 6.33. The van der Waals surface area contributed by atoms with Crippen molar-refractivity contribution in [3.8, 4) is 5.75 Å². The third-order valence-electron chi connectivity index (χ3n) is 4.44. The zero-order valence-corrected chi connectivity index (χ0v) is 16.8. The Morgan fingerprint density at radius 1 is 0.903 bits per heavy atom. The normalized spacial score (nSPS) is 14.8. The Bertz CT molecular complexity index is 1070. The second kappa shape index (κ2) is 8.94. The van der Waals surface area contributed by atoms with E-state index in [9.17, 15) is 31.2 Å². The molecule has 0 radical (unpaired) electrons. The summed E-state index contributed by atoms with van der Waals surface area (Å²) in [7, 11) is -3.71. The molecule has 0 bridgehead atoms. The Labute approximate surface area is 176 Å². The van der Waals surface area contributed by atoms with Crippen molar-refractivity contribution in [2.24, 2.45) is 0 Å². The summed E-state index contributed by atoms with van der Waals surface area (Å²) in [6, 6.07) is 9.48. The summed E-state index contributed by atoms with van der Waals surface area (Å²) in [5.74, 6) is -2.04. The predicted molar refractivity (Wildman–Crippen MR) is 102 cm³/mol. The summed E-state index contributed by atoms with van der Waals surface area (Å²) >= 11 is 0. The molecule has 8 nitrogen and oxygen atoms in total. The van der Waals surface area contributed by atoms with Crippen molar-refractivity contribution in [1.29, 1.82) is 0 Å². The molecule has 3 rings (SSSR count). The molecule has 2 aromatic carbocycles. The van der Waals surface area contributed by atoms with Gasteiger partial charge in [0.05, 0.1) is 4.90 Å². The van der Waals surface area contributed by atoms with E-state index in [0.29, 0.717) is 13.1 Å². The van der Waals surface area contributed by atoms with Crippen LogP contribution in [0.1, 0.15) is 33.6 Å². The fourth-order valence-electron chi connectivity index (χ4n) is 2.94. The summed E-state index contributed by atoms with van der Waals surface area (Å²) in [5.41, 5.74) is 4.24. The number of benzene rings is 2. The molecule has 1 aliphatic rings. The quantitative estimate of drug-likeness (QED) is 0.672. The monoisotopic (exact) mass is 457 g/mol. The molecule has 1 fully saturated rings. The lowest BCUT2D eigenvalue weighted by molar-refractivity contribution is -0.274. The minimum absolute atomic E-state index is 0.00879. The summed E-state index contributed by atoms with van der Waals surface area (Å²) in [5, 5.41) is 0. The maximum atomic E-state index is 12.6. The number of hydrazine groups is 1. The first-order valence-corrected chi connectivity index (χ1v) is 10.6. The van der Waals surface area contributed by atoms with E-state index < -0.39 is 33.9 Å². The van der Waals surface area contributed by atoms with Crippen LogP contribution in [0.3, 0.4) is 0 Å². The Balaban J connectivity index is 1.62. The molecule has 2 amide bonds. The summed E-state index contributed by atoms with van der Waals surface area (Å²) < 4.78 is 66.8. The van der Waals surface area contributed by atoms with Crippen LogP contribution in [0.4, 0.5) is 13.2 Å². The molecule has 2 aromatic rings. The SMILES string of the molecule is O=C(NNC(=O)c1cccc(S(=O)(=O)N2CCCC2)c1)c1ccc(OC(F)(F)F)cc1. The van der Waals surface area contributed by atoms with E-state index in [1.54, 1.807) is 0 Å². The highest BCUT2D eigenvalue weighted by Crippen LogP contribution is 2.23. The van der Waals surface area contributed by atoms with E-state index in [1.165, 1.54) is 28.6 Å². The zero-order valence-electron chi connectivity index (χ0n) is 16.0. The standard InChI is InChI=1S/C19H18F3N3O5S/c20-19(21,22)30-15-8-6-13(7-9-15)17(26)23-24-18(27)14-4-3-5-16(12-14)31(28,29)25-10-1-2-11-25/h3-9,12H,1-2,10-11H2,(H,23,26)(H,24,27). The third kappa shape index (κ3) is 5.73. The van der Waals surface area contributed by atoms with Crippen LogP contribution in [-0.4, -0.2) is 44.0 Å². The van der Waals surface area contributed by atoms with E-state index in [-0.39, 0.29) is 16.0 Å². The van der Waals surface area contributed by atoms with Crippen LogP contribution in [-0.2, 0) is 10.0 Å². The number of alkyl halides is 3. The van der Waals surface area contributed by atoms with Crippen molar-refractivity contribution in [2.45, 2.75) is 24.1 Å². The number of amides is 2. The Kier molecular flexibility index (Phi) is 6.51. The van der Waals surface area contributed by atoms with Gasteiger partial charge in [0.2, 0.25) is 10.0 Å². The number of hydrogen-bond donors (Lipinski definition) is 2. The predicted octanol–water partition coefficient (Wildman–Crippen LogP) is 2.44. The average Bonchev–Trinajstić information content (AvgIpc) is 3.27. The number of halogens is 3. The Morgan fingerprint density at radius 3 is 2.06 bits per heavy atom. The molecule has 1 saturated heterocycles. The summed E-state index contributed by atoms with van der Waals surface area (Å²) in [6.07, 6.45) is -3.31. The van der Waals surface area contributed by atoms with Gasteiger partial charge in [-0.25, -0.2) is 8.42 Å². The van der Waals surface area contributed by atoms with Crippen LogP contribution < -0.4 is 15.6 Å². The van der Waals surface area contributed by atoms with Gasteiger partial charge in [-0.15, -0.1) is 13.2 Å². The maximum absolute atomic E-state index is 12.6. The van der Waals surface area contributed by atoms with Gasteiger partial charge in [0.1, 0.15) is 5.75 Å². The van der Waals surface area contributed by atoms with Gasteiger partial charge in [-0.1, -0.05) is 6.07 Å². The first-order valence-electron chi connectivity index (χ1n) is 9.13. The van der Waals surface area contributed by atoms with Crippen LogP contribution >= 0.6 is 0 Å². The van der Waals surface area contributed by atoms with Gasteiger partial charge in [0, 0.05) is 24.2 Å². The van der Waals surface area contributed by atoms with Gasteiger partial charge in [0.15, 0.2) is 0 Å².